The van der Waals surface area contributed by atoms with E-state index in [-0.39, 0.29) is 22.7 Å². The summed E-state index contributed by atoms with van der Waals surface area (Å²) < 4.78 is 0. The molecule has 2 aromatic rings. The molecule has 2 N–H and O–H groups in total. The van der Waals surface area contributed by atoms with Crippen molar-refractivity contribution < 1.29 is 4.79 Å². The second kappa shape index (κ2) is 4.55. The number of benzene rings is 1. The fourth-order valence-corrected chi connectivity index (χ4v) is 4.03. The summed E-state index contributed by atoms with van der Waals surface area (Å²) in [5.41, 5.74) is 1.09. The lowest BCUT2D eigenvalue weighted by Crippen LogP contribution is -2.48. The van der Waals surface area contributed by atoms with E-state index in [0.29, 0.717) is 5.82 Å². The molecule has 5 nitrogen and oxygen atoms in total. The van der Waals surface area contributed by atoms with Crippen molar-refractivity contribution in [2.75, 3.05) is 18.4 Å². The van der Waals surface area contributed by atoms with Crippen LogP contribution in [-0.4, -0.2) is 24.0 Å². The summed E-state index contributed by atoms with van der Waals surface area (Å²) in [5.74, 6) is 0.640. The first-order valence-corrected chi connectivity index (χ1v) is 8.49. The number of carbonyl (C=O) groups is 1. The topological polar surface area (TPSA) is 77.8 Å². The van der Waals surface area contributed by atoms with Gasteiger partial charge in [0, 0.05) is 24.7 Å². The average Bonchev–Trinajstić information content (AvgIpc) is 3.44. The molecule has 120 valence electrons. The predicted octanol–water partition coefficient (Wildman–Crippen LogP) is 2.34. The Morgan fingerprint density at radius 2 is 2.12 bits per heavy atom. The van der Waals surface area contributed by atoms with Crippen LogP contribution in [0.15, 0.2) is 30.5 Å². The van der Waals surface area contributed by atoms with Crippen molar-refractivity contribution in [3.05, 3.63) is 36.0 Å². The number of carbonyl (C=O) groups excluding carboxylic acids is 1. The normalized spacial score (nSPS) is 26.6. The Balaban J connectivity index is 1.47. The lowest BCUT2D eigenvalue weighted by Gasteiger charge is -2.25. The molecule has 1 aromatic heterocycles. The van der Waals surface area contributed by atoms with Crippen molar-refractivity contribution in [2.45, 2.75) is 24.7 Å². The zero-order chi connectivity index (χ0) is 16.4. The zero-order valence-corrected chi connectivity index (χ0v) is 13.3. The summed E-state index contributed by atoms with van der Waals surface area (Å²) in [6.07, 6.45) is 5.12. The van der Waals surface area contributed by atoms with E-state index >= 15 is 0 Å². The van der Waals surface area contributed by atoms with Gasteiger partial charge in [-0.1, -0.05) is 12.1 Å². The zero-order valence-electron chi connectivity index (χ0n) is 13.3. The number of hydrogen-bond acceptors (Lipinski definition) is 4. The number of aromatic nitrogens is 1. The quantitative estimate of drug-likeness (QED) is 0.910. The van der Waals surface area contributed by atoms with Crippen molar-refractivity contribution in [3.8, 4) is 6.07 Å². The molecule has 1 saturated heterocycles. The highest BCUT2D eigenvalue weighted by molar-refractivity contribution is 5.95. The van der Waals surface area contributed by atoms with Crippen LogP contribution >= 0.6 is 0 Å². The number of anilines is 1. The first-order valence-electron chi connectivity index (χ1n) is 8.49. The highest BCUT2D eigenvalue weighted by Crippen LogP contribution is 2.78. The third-order valence-corrected chi connectivity index (χ3v) is 6.05. The molecule has 2 saturated carbocycles. The van der Waals surface area contributed by atoms with Crippen LogP contribution in [-0.2, 0) is 10.2 Å². The lowest BCUT2D eigenvalue weighted by atomic mass is 9.92. The minimum atomic E-state index is -0.286. The number of nitrogens with one attached hydrogen (secondary N) is 2. The van der Waals surface area contributed by atoms with E-state index < -0.39 is 0 Å². The number of hydrogen-bond donors (Lipinski definition) is 2. The van der Waals surface area contributed by atoms with Gasteiger partial charge >= 0.3 is 0 Å². The monoisotopic (exact) mass is 318 g/mol. The molecular formula is C19H18N4O. The van der Waals surface area contributed by atoms with Crippen LogP contribution < -0.4 is 10.6 Å². The maximum Gasteiger partial charge on any atom is 0.231 e. The Bertz CT molecular complexity index is 907. The molecule has 5 rings (SSSR count). The molecule has 3 fully saturated rings. The molecule has 5 heteroatoms. The van der Waals surface area contributed by atoms with Crippen molar-refractivity contribution >= 4 is 22.5 Å². The molecule has 1 aromatic carbocycles. The predicted molar refractivity (Wildman–Crippen MR) is 90.3 cm³/mol. The van der Waals surface area contributed by atoms with E-state index in [1.807, 2.05) is 12.1 Å². The molecule has 2 aliphatic carbocycles. The molecule has 3 aliphatic rings. The van der Waals surface area contributed by atoms with Crippen molar-refractivity contribution in [1.82, 2.24) is 10.3 Å². The third kappa shape index (κ3) is 1.83. The number of amides is 1. The summed E-state index contributed by atoms with van der Waals surface area (Å²) in [5, 5.41) is 17.8. The van der Waals surface area contributed by atoms with Crippen LogP contribution in [0.4, 0.5) is 5.82 Å². The summed E-state index contributed by atoms with van der Waals surface area (Å²) in [7, 11) is 0. The highest BCUT2D eigenvalue weighted by Gasteiger charge is 2.75. The van der Waals surface area contributed by atoms with Crippen LogP contribution in [0.5, 0.6) is 0 Å². The molecule has 1 atom stereocenters. The van der Waals surface area contributed by atoms with Gasteiger partial charge in [-0.2, -0.15) is 5.26 Å². The van der Waals surface area contributed by atoms with E-state index in [1.54, 1.807) is 6.20 Å². The second-order valence-electron chi connectivity index (χ2n) is 7.45. The second-order valence-corrected chi connectivity index (χ2v) is 7.45. The Labute approximate surface area is 140 Å². The fraction of sp³-hybridized carbons (Fsp3) is 0.421. The van der Waals surface area contributed by atoms with Crippen LogP contribution in [0, 0.1) is 22.7 Å². The van der Waals surface area contributed by atoms with Gasteiger partial charge in [0.15, 0.2) is 0 Å². The number of nitrogens with zero attached hydrogens (tertiary/aromatic N) is 2. The van der Waals surface area contributed by atoms with E-state index in [9.17, 15) is 10.1 Å². The molecule has 0 radical (unpaired) electrons. The average molecular weight is 318 g/mol. The van der Waals surface area contributed by atoms with Gasteiger partial charge in [-0.3, -0.25) is 4.79 Å². The highest BCUT2D eigenvalue weighted by atomic mass is 16.2. The molecule has 2 heterocycles. The van der Waals surface area contributed by atoms with Gasteiger partial charge in [0.05, 0.1) is 17.4 Å². The molecular weight excluding hydrogens is 300 g/mol. The van der Waals surface area contributed by atoms with Gasteiger partial charge < -0.3 is 10.6 Å². The minimum absolute atomic E-state index is 0.0179. The van der Waals surface area contributed by atoms with Crippen molar-refractivity contribution in [1.29, 1.82) is 5.26 Å². The van der Waals surface area contributed by atoms with Gasteiger partial charge in [0.1, 0.15) is 5.82 Å². The van der Waals surface area contributed by atoms with Crippen LogP contribution in [0.25, 0.3) is 10.8 Å². The molecule has 1 spiro atoms. The number of rotatable bonds is 3. The molecule has 1 amide bonds. The maximum absolute atomic E-state index is 12.1. The summed E-state index contributed by atoms with van der Waals surface area (Å²) in [6, 6.07) is 10.7. The molecule has 0 bridgehead atoms. The molecule has 24 heavy (non-hydrogen) atoms. The largest absolute Gasteiger partial charge is 0.315 e. The van der Waals surface area contributed by atoms with Crippen molar-refractivity contribution in [2.24, 2.45) is 11.3 Å². The van der Waals surface area contributed by atoms with E-state index in [2.05, 4.69) is 33.8 Å². The summed E-state index contributed by atoms with van der Waals surface area (Å²) in [6.45, 7) is 1.46. The van der Waals surface area contributed by atoms with Gasteiger partial charge in [0.25, 0.3) is 0 Å². The van der Waals surface area contributed by atoms with Gasteiger partial charge in [-0.25, -0.2) is 4.98 Å². The molecule has 1 unspecified atom stereocenters. The standard InChI is InChI=1S/C19H18N4O/c20-11-19(10-18(19)3-4-18)15-2-1-12-9-22-16(6-13(12)5-15)23-17(24)14-7-21-8-14/h1-2,5-6,9,14,21H,3-4,7-8,10H2,(H,22,23,24). The summed E-state index contributed by atoms with van der Waals surface area (Å²) >= 11 is 0. The Morgan fingerprint density at radius 1 is 1.29 bits per heavy atom. The SMILES string of the molecule is N#CC1(c2ccc3cnc(NC(=O)C4CNC4)cc3c2)CC12CC2. The Kier molecular flexibility index (Phi) is 2.64. The Hall–Kier alpha value is -2.45. The van der Waals surface area contributed by atoms with Crippen LogP contribution in [0.2, 0.25) is 0 Å². The number of nitriles is 1. The first-order chi connectivity index (χ1) is 11.7. The summed E-state index contributed by atoms with van der Waals surface area (Å²) in [4.78, 5) is 16.4. The fourth-order valence-electron chi connectivity index (χ4n) is 4.03. The van der Waals surface area contributed by atoms with E-state index in [0.717, 1.165) is 35.8 Å². The van der Waals surface area contributed by atoms with Crippen LogP contribution in [0.1, 0.15) is 24.8 Å². The molecule has 1 aliphatic heterocycles. The van der Waals surface area contributed by atoms with E-state index in [1.165, 1.54) is 12.8 Å². The Morgan fingerprint density at radius 3 is 2.75 bits per heavy atom. The van der Waals surface area contributed by atoms with Gasteiger partial charge in [-0.15, -0.1) is 0 Å². The van der Waals surface area contributed by atoms with Gasteiger partial charge in [0.2, 0.25) is 5.91 Å². The lowest BCUT2D eigenvalue weighted by molar-refractivity contribution is -0.121. The maximum atomic E-state index is 12.1. The third-order valence-electron chi connectivity index (χ3n) is 6.05. The van der Waals surface area contributed by atoms with Gasteiger partial charge in [-0.05, 0) is 47.8 Å². The van der Waals surface area contributed by atoms with Crippen LogP contribution in [0.3, 0.4) is 0 Å². The minimum Gasteiger partial charge on any atom is -0.315 e. The van der Waals surface area contributed by atoms with Crippen molar-refractivity contribution in [3.63, 3.8) is 0 Å². The first kappa shape index (κ1) is 13.9. The number of pyridine rings is 1. The van der Waals surface area contributed by atoms with E-state index in [4.69, 9.17) is 0 Å². The smallest absolute Gasteiger partial charge is 0.231 e. The number of fused-ring (bicyclic) bond motifs is 1.